The Kier molecular flexibility index (Phi) is 5590. The van der Waals surface area contributed by atoms with E-state index in [0.29, 0.717) is 0 Å². The van der Waals surface area contributed by atoms with Gasteiger partial charge in [-0.15, -0.1) is 0 Å². The molecule has 105 heteroatoms. The summed E-state index contributed by atoms with van der Waals surface area (Å²) in [5, 5.41) is 0. The van der Waals surface area contributed by atoms with Crippen molar-refractivity contribution in [1.29, 1.82) is 0 Å². The number of hydrogen-bond donors (Lipinski definition) is 0. The first-order valence-electron chi connectivity index (χ1n) is 0. The molecule has 0 aliphatic heterocycles. The van der Waals surface area contributed by atoms with Crippen LogP contribution in [0.2, 0.25) is 0 Å². The number of rotatable bonds is 0. The Hall–Kier alpha value is 125. The van der Waals surface area contributed by atoms with Crippen LogP contribution in [0.15, 0.2) is 0 Å². The minimum Gasteiger partial charge on any atom is 0 e. The maximum Gasteiger partial charge on any atom is 0 e. The third-order valence-corrected chi connectivity index (χ3v) is 0. The van der Waals surface area contributed by atoms with E-state index in [1.807, 2.05) is 0 Å². The molecular weight excluding hydrogens is 14600 g/mol. The second kappa shape index (κ2) is 761. The van der Waals surface area contributed by atoms with Crippen molar-refractivity contribution in [3.05, 3.63) is 0 Å². The van der Waals surface area contributed by atoms with Gasteiger partial charge in [-0.1, -0.05) is 0 Å². The largest absolute Gasteiger partial charge is 0 e. The Morgan fingerprint density at radius 1 is 0.00952 bits per heavy atom. The van der Waals surface area contributed by atoms with Gasteiger partial charge in [-0.05, 0) is 0 Å². The van der Waals surface area contributed by atoms with Crippen molar-refractivity contribution in [2.45, 2.75) is 0 Å². The molecule has 0 atom stereocenters. The van der Waals surface area contributed by atoms with Gasteiger partial charge in [0.25, 0.3) is 0 Å². The molecule has 0 N–H and O–H groups in total. The van der Waals surface area contributed by atoms with Crippen molar-refractivity contribution in [1.82, 2.24) is 0 Å². The minimum atomic E-state index is 0. The summed E-state index contributed by atoms with van der Waals surface area (Å²) >= 11 is 0. The van der Waals surface area contributed by atoms with Gasteiger partial charge in [-0.25, -0.2) is 0 Å². The molecule has 0 unspecified atom stereocenters. The summed E-state index contributed by atoms with van der Waals surface area (Å²) in [7, 11) is 0. The quantitative estimate of drug-likeness (QED) is 0.321. The molecule has 0 saturated carbocycles. The van der Waals surface area contributed by atoms with Crippen molar-refractivity contribution in [3.63, 3.8) is 0 Å². The molecule has 0 aromatic carbocycles. The summed E-state index contributed by atoms with van der Waals surface area (Å²) in [6.07, 6.45) is 0. The molecule has 0 spiro atoms. The van der Waals surface area contributed by atoms with Crippen LogP contribution in [0.5, 0.6) is 0 Å². The molecule has 105 radical (unpaired) electrons. The second-order valence-corrected chi connectivity index (χ2v) is 0. The summed E-state index contributed by atoms with van der Waals surface area (Å²) in [6, 6.07) is 0. The van der Waals surface area contributed by atoms with Gasteiger partial charge in [-0.3, -0.25) is 0 Å². The fourth-order valence-electron chi connectivity index (χ4n) is 0. The average Bonchev–Trinajstić information content (AvgIpc) is 0. The van der Waals surface area contributed by atoms with Crippen molar-refractivity contribution >= 4 is 0 Å². The van der Waals surface area contributed by atoms with Crippen LogP contribution in [0.25, 0.3) is 0 Å². The monoisotopic (exact) mass is 14600 g/mol. The van der Waals surface area contributed by atoms with Crippen LogP contribution in [-0.4, -0.2) is 0 Å². The van der Waals surface area contributed by atoms with Gasteiger partial charge in [0, 0.05) is 3740 Å². The van der Waals surface area contributed by atoms with Crippen LogP contribution < -0.4 is 0 Å². The van der Waals surface area contributed by atoms with E-state index in [0.717, 1.165) is 0 Å². The van der Waals surface area contributed by atoms with E-state index >= 15 is 0 Å². The Morgan fingerprint density at radius 2 is 0.00952 bits per heavy atom. The SMILES string of the molecule is [La].[La].[La].[La].[La].[La].[La].[La].[La].[La].[La].[La].[La].[La].[La].[La].[La].[La].[La].[La].[La].[La].[La].[La].[La].[La].[La].[La].[La].[La].[La].[La].[La].[La].[La].[La].[La].[La].[La].[La].[La].[La].[La].[La].[La].[La].[La].[La].[La].[La].[La].[La].[La].[La].[La].[La].[La].[La].[La].[La].[La].[La].[La].[La].[La].[La].[La].[La].[La].[La].[La].[La].[La].[La].[La].[La].[La].[La].[La].[La].[La].[La].[La].[La].[La].[La].[La].[La].[La].[La].[La].[La].[La].[La].[La].[La].[La].[La].[La].[La].[La].[La].[La].[La].[La]. The van der Waals surface area contributed by atoms with Crippen LogP contribution >= 0.6 is 0 Å². The van der Waals surface area contributed by atoms with E-state index in [9.17, 15) is 0 Å². The topological polar surface area (TPSA) is 0 Å². The fraction of sp³-hybridized carbons (Fsp3) is 0. The molecule has 0 fully saturated rings. The van der Waals surface area contributed by atoms with Crippen molar-refractivity contribution in [2.24, 2.45) is 0 Å². The fourth-order valence-corrected chi connectivity index (χ4v) is 0. The first-order valence-corrected chi connectivity index (χ1v) is 0. The predicted octanol–water partition coefficient (Wildman–Crippen LogP) is 0. The Labute approximate surface area is 3580 Å². The summed E-state index contributed by atoms with van der Waals surface area (Å²) in [6.45, 7) is 0. The van der Waals surface area contributed by atoms with Crippen molar-refractivity contribution in [3.8, 4) is 0 Å². The molecular formula is La105. The maximum absolute atomic E-state index is 0. The van der Waals surface area contributed by atoms with Crippen LogP contribution in [-0.2, 0) is 0 Å². The van der Waals surface area contributed by atoms with E-state index in [1.54, 1.807) is 0 Å². The molecule has 0 aromatic heterocycles. The van der Waals surface area contributed by atoms with Gasteiger partial charge in [0.05, 0.1) is 0 Å². The molecule has 0 amide bonds. The predicted molar refractivity (Wildman–Crippen MR) is 0 cm³/mol. The van der Waals surface area contributed by atoms with Gasteiger partial charge in [0.15, 0.2) is 0 Å². The van der Waals surface area contributed by atoms with Gasteiger partial charge in [0.1, 0.15) is 0 Å². The average molecular weight is 14600 g/mol. The summed E-state index contributed by atoms with van der Waals surface area (Å²) < 4.78 is 0. The van der Waals surface area contributed by atoms with E-state index in [4.69, 9.17) is 0 Å². The van der Waals surface area contributed by atoms with E-state index in [-0.39, 0.29) is 3740 Å². The zero-order chi connectivity index (χ0) is 0. The van der Waals surface area contributed by atoms with Gasteiger partial charge < -0.3 is 0 Å². The Bertz CT molecular complexity index is 0. The molecule has 0 aromatic rings. The van der Waals surface area contributed by atoms with Gasteiger partial charge in [-0.2, -0.15) is 0 Å². The van der Waals surface area contributed by atoms with Gasteiger partial charge >= 0.3 is 0 Å². The van der Waals surface area contributed by atoms with E-state index in [1.165, 1.54) is 0 Å². The van der Waals surface area contributed by atoms with Crippen LogP contribution in [0.3, 0.4) is 0 Å². The Balaban J connectivity index is 0. The van der Waals surface area contributed by atoms with Crippen LogP contribution in [0, 0.1) is 3740 Å². The standard InChI is InChI=1S/105La. The molecule has 0 bridgehead atoms. The minimum absolute atomic E-state index is 0. The molecule has 0 aliphatic rings. The van der Waals surface area contributed by atoms with Crippen molar-refractivity contribution in [2.75, 3.05) is 0 Å². The second-order valence-electron chi connectivity index (χ2n) is 0. The Morgan fingerprint density at radius 3 is 0.00952 bits per heavy atom. The molecule has 0 nitrogen and oxygen atoms in total. The summed E-state index contributed by atoms with van der Waals surface area (Å²) in [5.74, 6) is 0. The molecule has 0 aliphatic carbocycles. The zero-order valence-corrected chi connectivity index (χ0v) is 441. The van der Waals surface area contributed by atoms with E-state index in [2.05, 4.69) is 0 Å². The maximum atomic E-state index is 0. The van der Waals surface area contributed by atoms with E-state index < -0.39 is 0 Å². The molecule has 0 saturated heterocycles. The third kappa shape index (κ3) is 754. The number of hydrogen-bond acceptors (Lipinski definition) is 0. The summed E-state index contributed by atoms with van der Waals surface area (Å²) in [5.41, 5.74) is 0. The molecule has 105 heavy (non-hydrogen) atoms. The van der Waals surface area contributed by atoms with Crippen LogP contribution in [0.1, 0.15) is 0 Å². The third-order valence-electron chi connectivity index (χ3n) is 0. The van der Waals surface area contributed by atoms with Gasteiger partial charge in [0.2, 0.25) is 0 Å². The summed E-state index contributed by atoms with van der Waals surface area (Å²) in [4.78, 5) is 0. The van der Waals surface area contributed by atoms with Crippen LogP contribution in [0.4, 0.5) is 0 Å². The molecule has 315 valence electrons. The first kappa shape index (κ1) is 771. The zero-order valence-electron chi connectivity index (χ0n) is 60.6. The first-order chi connectivity index (χ1) is 0. The normalized spacial score (nSPS) is 0. The van der Waals surface area contributed by atoms with Crippen molar-refractivity contribution < 1.29 is 3740 Å². The molecule has 0 heterocycles. The molecule has 0 rings (SSSR count). The smallest absolute Gasteiger partial charge is 0 e.